The number of carbonyl (C=O) groups is 1. The molecule has 1 saturated heterocycles. The van der Waals surface area contributed by atoms with Gasteiger partial charge in [0, 0.05) is 25.0 Å². The van der Waals surface area contributed by atoms with Gasteiger partial charge >= 0.3 is 0 Å². The molecule has 1 aliphatic rings. The molecule has 0 saturated carbocycles. The molecule has 3 N–H and O–H groups in total. The third kappa shape index (κ3) is 4.64. The van der Waals surface area contributed by atoms with Crippen molar-refractivity contribution in [2.45, 2.75) is 51.6 Å². The van der Waals surface area contributed by atoms with Crippen molar-refractivity contribution in [3.05, 3.63) is 0 Å². The fourth-order valence-corrected chi connectivity index (χ4v) is 2.36. The summed E-state index contributed by atoms with van der Waals surface area (Å²) in [5, 5.41) is 3.15. The quantitative estimate of drug-likeness (QED) is 0.754. The van der Waals surface area contributed by atoms with E-state index in [1.54, 1.807) is 0 Å². The van der Waals surface area contributed by atoms with Crippen LogP contribution in [0.3, 0.4) is 0 Å². The molecule has 4 nitrogen and oxygen atoms in total. The topological polar surface area (TPSA) is 58.4 Å². The Balaban J connectivity index is 2.31. The molecule has 0 bridgehead atoms. The van der Waals surface area contributed by atoms with Gasteiger partial charge in [-0.2, -0.15) is 0 Å². The Labute approximate surface area is 105 Å². The van der Waals surface area contributed by atoms with Crippen molar-refractivity contribution in [2.75, 3.05) is 20.1 Å². The van der Waals surface area contributed by atoms with Gasteiger partial charge in [0.05, 0.1) is 0 Å². The maximum absolute atomic E-state index is 11.8. The number of hydrogen-bond acceptors (Lipinski definition) is 3. The summed E-state index contributed by atoms with van der Waals surface area (Å²) in [6.07, 6.45) is 3.68. The van der Waals surface area contributed by atoms with Gasteiger partial charge in [-0.25, -0.2) is 0 Å². The highest BCUT2D eigenvalue weighted by atomic mass is 16.1. The molecule has 0 spiro atoms. The molecule has 3 unspecified atom stereocenters. The van der Waals surface area contributed by atoms with Crippen LogP contribution < -0.4 is 11.1 Å². The highest BCUT2D eigenvalue weighted by molar-refractivity contribution is 5.76. The average Bonchev–Trinajstić information content (AvgIpc) is 2.31. The molecule has 0 aromatic heterocycles. The smallest absolute Gasteiger partial charge is 0.220 e. The van der Waals surface area contributed by atoms with Crippen molar-refractivity contribution in [3.63, 3.8) is 0 Å². The Morgan fingerprint density at radius 3 is 2.82 bits per heavy atom. The highest BCUT2D eigenvalue weighted by Crippen LogP contribution is 2.16. The fourth-order valence-electron chi connectivity index (χ4n) is 2.36. The van der Waals surface area contributed by atoms with Gasteiger partial charge in [0.1, 0.15) is 0 Å². The Hall–Kier alpha value is -0.610. The minimum Gasteiger partial charge on any atom is -0.353 e. The molecule has 1 rings (SSSR count). The maximum atomic E-state index is 11.8. The van der Waals surface area contributed by atoms with E-state index in [4.69, 9.17) is 5.73 Å². The normalized spacial score (nSPS) is 27.8. The van der Waals surface area contributed by atoms with Crippen LogP contribution in [0.25, 0.3) is 0 Å². The molecular weight excluding hydrogens is 214 g/mol. The zero-order valence-electron chi connectivity index (χ0n) is 11.4. The van der Waals surface area contributed by atoms with Crippen molar-refractivity contribution >= 4 is 5.91 Å². The van der Waals surface area contributed by atoms with Crippen LogP contribution in [-0.4, -0.2) is 43.0 Å². The fraction of sp³-hybridized carbons (Fsp3) is 0.923. The van der Waals surface area contributed by atoms with Crippen molar-refractivity contribution in [2.24, 2.45) is 11.7 Å². The monoisotopic (exact) mass is 241 g/mol. The van der Waals surface area contributed by atoms with Gasteiger partial charge in [0.25, 0.3) is 0 Å². The van der Waals surface area contributed by atoms with Crippen LogP contribution in [-0.2, 0) is 4.79 Å². The number of amides is 1. The van der Waals surface area contributed by atoms with Crippen molar-refractivity contribution in [3.8, 4) is 0 Å². The summed E-state index contributed by atoms with van der Waals surface area (Å²) in [4.78, 5) is 14.2. The minimum absolute atomic E-state index is 0.170. The third-order valence-electron chi connectivity index (χ3n) is 3.96. The highest BCUT2D eigenvalue weighted by Gasteiger charge is 2.24. The van der Waals surface area contributed by atoms with E-state index in [0.29, 0.717) is 31.0 Å². The first-order chi connectivity index (χ1) is 8.06. The lowest BCUT2D eigenvalue weighted by atomic mass is 9.97. The molecule has 4 heteroatoms. The maximum Gasteiger partial charge on any atom is 0.220 e. The summed E-state index contributed by atoms with van der Waals surface area (Å²) >= 11 is 0. The number of likely N-dealkylation sites (tertiary alicyclic amines) is 1. The number of piperidine rings is 1. The zero-order valence-corrected chi connectivity index (χ0v) is 11.4. The van der Waals surface area contributed by atoms with Crippen LogP contribution in [0.4, 0.5) is 0 Å². The summed E-state index contributed by atoms with van der Waals surface area (Å²) in [5.41, 5.74) is 5.62. The van der Waals surface area contributed by atoms with Gasteiger partial charge in [-0.3, -0.25) is 4.79 Å². The second-order valence-electron chi connectivity index (χ2n) is 5.33. The molecule has 0 aromatic carbocycles. The summed E-state index contributed by atoms with van der Waals surface area (Å²) in [6, 6.07) is 0.912. The van der Waals surface area contributed by atoms with E-state index < -0.39 is 0 Å². The number of nitrogens with two attached hydrogens (primary N) is 1. The van der Waals surface area contributed by atoms with Crippen molar-refractivity contribution in [1.82, 2.24) is 10.2 Å². The van der Waals surface area contributed by atoms with Crippen LogP contribution >= 0.6 is 0 Å². The molecule has 1 heterocycles. The van der Waals surface area contributed by atoms with Gasteiger partial charge in [-0.15, -0.1) is 0 Å². The van der Waals surface area contributed by atoms with E-state index in [-0.39, 0.29) is 5.91 Å². The van der Waals surface area contributed by atoms with E-state index in [1.807, 2.05) is 0 Å². The van der Waals surface area contributed by atoms with Gasteiger partial charge in [0.2, 0.25) is 5.91 Å². The predicted octanol–water partition coefficient (Wildman–Crippen LogP) is 0.960. The van der Waals surface area contributed by atoms with Crippen LogP contribution in [0.15, 0.2) is 0 Å². The van der Waals surface area contributed by atoms with Crippen LogP contribution in [0.2, 0.25) is 0 Å². The Kier molecular flexibility index (Phi) is 5.92. The number of nitrogens with one attached hydrogen (secondary N) is 1. The Morgan fingerprint density at radius 1 is 1.59 bits per heavy atom. The first kappa shape index (κ1) is 14.5. The molecular formula is C13H27N3O. The second kappa shape index (κ2) is 6.97. The molecule has 1 aliphatic heterocycles. The third-order valence-corrected chi connectivity index (χ3v) is 3.96. The molecule has 1 amide bonds. The molecule has 3 atom stereocenters. The lowest BCUT2D eigenvalue weighted by Gasteiger charge is -2.35. The largest absolute Gasteiger partial charge is 0.353 e. The summed E-state index contributed by atoms with van der Waals surface area (Å²) in [6.45, 7) is 5.98. The minimum atomic E-state index is 0.170. The first-order valence-electron chi connectivity index (χ1n) is 6.76. The van der Waals surface area contributed by atoms with E-state index in [2.05, 4.69) is 31.1 Å². The summed E-state index contributed by atoms with van der Waals surface area (Å²) < 4.78 is 0. The SMILES string of the molecule is CCC(CN)CC(=O)NC1CCN(C)C(C)C1. The second-order valence-corrected chi connectivity index (χ2v) is 5.33. The van der Waals surface area contributed by atoms with Crippen molar-refractivity contribution < 1.29 is 4.79 Å². The number of carbonyl (C=O) groups excluding carboxylic acids is 1. The lowest BCUT2D eigenvalue weighted by molar-refractivity contribution is -0.123. The molecule has 100 valence electrons. The van der Waals surface area contributed by atoms with Gasteiger partial charge in [-0.1, -0.05) is 13.3 Å². The van der Waals surface area contributed by atoms with E-state index in [0.717, 1.165) is 25.8 Å². The number of rotatable bonds is 5. The standard InChI is InChI=1S/C13H27N3O/c1-4-11(9-14)8-13(17)15-12-5-6-16(3)10(2)7-12/h10-12H,4-9,14H2,1-3H3,(H,15,17). The van der Waals surface area contributed by atoms with E-state index >= 15 is 0 Å². The van der Waals surface area contributed by atoms with Gasteiger partial charge < -0.3 is 16.0 Å². The van der Waals surface area contributed by atoms with Crippen LogP contribution in [0.1, 0.15) is 39.5 Å². The molecule has 1 fully saturated rings. The van der Waals surface area contributed by atoms with Crippen LogP contribution in [0.5, 0.6) is 0 Å². The first-order valence-corrected chi connectivity index (χ1v) is 6.76. The molecule has 0 aliphatic carbocycles. The number of nitrogens with zero attached hydrogens (tertiary/aromatic N) is 1. The predicted molar refractivity (Wildman–Crippen MR) is 70.7 cm³/mol. The van der Waals surface area contributed by atoms with Gasteiger partial charge in [0.15, 0.2) is 0 Å². The molecule has 0 radical (unpaired) electrons. The Morgan fingerprint density at radius 2 is 2.29 bits per heavy atom. The Bertz CT molecular complexity index is 241. The van der Waals surface area contributed by atoms with Crippen molar-refractivity contribution in [1.29, 1.82) is 0 Å². The van der Waals surface area contributed by atoms with Crippen LogP contribution in [0, 0.1) is 5.92 Å². The average molecular weight is 241 g/mol. The van der Waals surface area contributed by atoms with E-state index in [1.165, 1.54) is 0 Å². The molecule has 0 aromatic rings. The summed E-state index contributed by atoms with van der Waals surface area (Å²) in [5.74, 6) is 0.503. The lowest BCUT2D eigenvalue weighted by Crippen LogP contribution is -2.47. The summed E-state index contributed by atoms with van der Waals surface area (Å²) in [7, 11) is 2.14. The zero-order chi connectivity index (χ0) is 12.8. The number of hydrogen-bond donors (Lipinski definition) is 2. The van der Waals surface area contributed by atoms with Gasteiger partial charge in [-0.05, 0) is 39.3 Å². The molecule has 17 heavy (non-hydrogen) atoms. The van der Waals surface area contributed by atoms with E-state index in [9.17, 15) is 4.79 Å².